The Morgan fingerprint density at radius 2 is 1.09 bits per heavy atom. The molecule has 0 saturated heterocycles. The van der Waals surface area contributed by atoms with Crippen LogP contribution in [-0.4, -0.2) is 9.97 Å². The maximum atomic E-state index is 4.78. The predicted octanol–water partition coefficient (Wildman–Crippen LogP) is 9.43. The van der Waals surface area contributed by atoms with Gasteiger partial charge in [0.2, 0.25) is 0 Å². The SMILES string of the molecule is CCCCCCCc1cnc(C2CCC(CCC3CCC(CCCCC)CC3)CC2)nc1. The van der Waals surface area contributed by atoms with E-state index < -0.39 is 0 Å². The number of aryl methyl sites for hydroxylation is 1. The summed E-state index contributed by atoms with van der Waals surface area (Å²) in [7, 11) is 0. The summed E-state index contributed by atoms with van der Waals surface area (Å²) in [6.45, 7) is 4.60. The molecule has 2 saturated carbocycles. The van der Waals surface area contributed by atoms with Crippen molar-refractivity contribution in [3.8, 4) is 0 Å². The molecule has 2 aliphatic carbocycles. The van der Waals surface area contributed by atoms with Crippen LogP contribution in [0.25, 0.3) is 0 Å². The first kappa shape index (κ1) is 25.7. The molecule has 0 radical (unpaired) electrons. The van der Waals surface area contributed by atoms with Crippen LogP contribution in [0.4, 0.5) is 0 Å². The van der Waals surface area contributed by atoms with Gasteiger partial charge in [0.05, 0.1) is 0 Å². The molecule has 0 atom stereocenters. The van der Waals surface area contributed by atoms with E-state index >= 15 is 0 Å². The summed E-state index contributed by atoms with van der Waals surface area (Å²) in [5, 5.41) is 0. The van der Waals surface area contributed by atoms with Crippen molar-refractivity contribution in [2.75, 3.05) is 0 Å². The highest BCUT2D eigenvalue weighted by Crippen LogP contribution is 2.39. The van der Waals surface area contributed by atoms with Gasteiger partial charge >= 0.3 is 0 Å². The average molecular weight is 441 g/mol. The predicted molar refractivity (Wildman–Crippen MR) is 138 cm³/mol. The molecule has 0 aliphatic heterocycles. The van der Waals surface area contributed by atoms with Gasteiger partial charge in [0, 0.05) is 18.3 Å². The Bertz CT molecular complexity index is 579. The molecule has 2 fully saturated rings. The van der Waals surface area contributed by atoms with Crippen LogP contribution in [0.3, 0.4) is 0 Å². The van der Waals surface area contributed by atoms with Gasteiger partial charge < -0.3 is 0 Å². The van der Waals surface area contributed by atoms with E-state index in [1.165, 1.54) is 128 Å². The molecule has 32 heavy (non-hydrogen) atoms. The number of nitrogens with zero attached hydrogens (tertiary/aromatic N) is 2. The molecule has 0 amide bonds. The topological polar surface area (TPSA) is 25.8 Å². The zero-order valence-corrected chi connectivity index (χ0v) is 21.5. The number of hydrogen-bond acceptors (Lipinski definition) is 2. The summed E-state index contributed by atoms with van der Waals surface area (Å²) in [5.41, 5.74) is 1.33. The maximum absolute atomic E-state index is 4.78. The summed E-state index contributed by atoms with van der Waals surface area (Å²) in [6, 6.07) is 0. The van der Waals surface area contributed by atoms with Gasteiger partial charge in [-0.15, -0.1) is 0 Å². The van der Waals surface area contributed by atoms with E-state index in [0.717, 1.165) is 30.0 Å². The Morgan fingerprint density at radius 3 is 1.69 bits per heavy atom. The van der Waals surface area contributed by atoms with Crippen molar-refractivity contribution in [2.24, 2.45) is 17.8 Å². The molecular weight excluding hydrogens is 388 g/mol. The summed E-state index contributed by atoms with van der Waals surface area (Å²) in [4.78, 5) is 9.57. The number of aromatic nitrogens is 2. The fourth-order valence-electron chi connectivity index (χ4n) is 6.31. The summed E-state index contributed by atoms with van der Waals surface area (Å²) < 4.78 is 0. The second kappa shape index (κ2) is 15.1. The molecule has 1 aromatic rings. The van der Waals surface area contributed by atoms with Crippen LogP contribution in [0.15, 0.2) is 12.4 Å². The van der Waals surface area contributed by atoms with E-state index in [0.29, 0.717) is 5.92 Å². The standard InChI is InChI=1S/C30H52N2/c1-3-5-7-8-10-12-28-23-31-30(32-24-28)29-21-19-27(20-22-29)18-17-26-15-13-25(14-16-26)11-9-6-4-2/h23-27,29H,3-22H2,1-2H3. The first-order valence-corrected chi connectivity index (χ1v) is 14.6. The smallest absolute Gasteiger partial charge is 0.131 e. The Kier molecular flexibility index (Phi) is 12.1. The summed E-state index contributed by atoms with van der Waals surface area (Å²) in [6.07, 6.45) is 32.4. The van der Waals surface area contributed by atoms with Gasteiger partial charge in [0.15, 0.2) is 0 Å². The van der Waals surface area contributed by atoms with Crippen LogP contribution in [-0.2, 0) is 6.42 Å². The molecule has 0 bridgehead atoms. The molecule has 2 heteroatoms. The molecule has 0 N–H and O–H groups in total. The van der Waals surface area contributed by atoms with Crippen LogP contribution in [0.2, 0.25) is 0 Å². The number of hydrogen-bond donors (Lipinski definition) is 0. The van der Waals surface area contributed by atoms with Gasteiger partial charge in [0.1, 0.15) is 5.82 Å². The Hall–Kier alpha value is -0.920. The third-order valence-electron chi connectivity index (χ3n) is 8.67. The van der Waals surface area contributed by atoms with Crippen molar-refractivity contribution < 1.29 is 0 Å². The van der Waals surface area contributed by atoms with Crippen LogP contribution in [0, 0.1) is 17.8 Å². The van der Waals surface area contributed by atoms with Crippen LogP contribution >= 0.6 is 0 Å². The minimum absolute atomic E-state index is 0.614. The molecule has 2 aliphatic rings. The van der Waals surface area contributed by atoms with E-state index in [2.05, 4.69) is 26.2 Å². The first-order chi connectivity index (χ1) is 15.8. The maximum Gasteiger partial charge on any atom is 0.131 e. The van der Waals surface area contributed by atoms with Crippen LogP contribution in [0.1, 0.15) is 153 Å². The third kappa shape index (κ3) is 9.14. The van der Waals surface area contributed by atoms with Crippen molar-refractivity contribution in [3.63, 3.8) is 0 Å². The lowest BCUT2D eigenvalue weighted by molar-refractivity contribution is 0.221. The molecule has 0 aromatic carbocycles. The molecule has 1 aromatic heterocycles. The lowest BCUT2D eigenvalue weighted by atomic mass is 9.74. The fraction of sp³-hybridized carbons (Fsp3) is 0.867. The number of unbranched alkanes of at least 4 members (excludes halogenated alkanes) is 6. The molecule has 0 spiro atoms. The van der Waals surface area contributed by atoms with Crippen LogP contribution in [0.5, 0.6) is 0 Å². The minimum atomic E-state index is 0.614. The number of rotatable bonds is 14. The Balaban J connectivity index is 1.27. The summed E-state index contributed by atoms with van der Waals surface area (Å²) >= 11 is 0. The summed E-state index contributed by atoms with van der Waals surface area (Å²) in [5.74, 6) is 4.80. The van der Waals surface area contributed by atoms with Crippen molar-refractivity contribution in [3.05, 3.63) is 23.8 Å². The average Bonchev–Trinajstić information content (AvgIpc) is 2.84. The van der Waals surface area contributed by atoms with Gasteiger partial charge in [-0.05, 0) is 61.8 Å². The quantitative estimate of drug-likeness (QED) is 0.269. The van der Waals surface area contributed by atoms with Crippen molar-refractivity contribution in [1.82, 2.24) is 9.97 Å². The highest BCUT2D eigenvalue weighted by Gasteiger charge is 2.26. The van der Waals surface area contributed by atoms with E-state index in [9.17, 15) is 0 Å². The largest absolute Gasteiger partial charge is 0.241 e. The molecule has 182 valence electrons. The fourth-order valence-corrected chi connectivity index (χ4v) is 6.31. The van der Waals surface area contributed by atoms with E-state index in [1.54, 1.807) is 0 Å². The molecule has 3 rings (SSSR count). The second-order valence-corrected chi connectivity index (χ2v) is 11.3. The Labute approximate surface area is 199 Å². The van der Waals surface area contributed by atoms with E-state index in [1.807, 2.05) is 0 Å². The lowest BCUT2D eigenvalue weighted by Gasteiger charge is -2.31. The highest BCUT2D eigenvalue weighted by atomic mass is 14.9. The molecule has 0 unspecified atom stereocenters. The van der Waals surface area contributed by atoms with Gasteiger partial charge in [-0.1, -0.05) is 104 Å². The monoisotopic (exact) mass is 440 g/mol. The van der Waals surface area contributed by atoms with Crippen LogP contribution < -0.4 is 0 Å². The highest BCUT2D eigenvalue weighted by molar-refractivity contribution is 5.08. The minimum Gasteiger partial charge on any atom is -0.241 e. The van der Waals surface area contributed by atoms with Gasteiger partial charge in [-0.2, -0.15) is 0 Å². The molecular formula is C30H52N2. The van der Waals surface area contributed by atoms with Crippen molar-refractivity contribution in [2.45, 2.75) is 148 Å². The molecule has 1 heterocycles. The van der Waals surface area contributed by atoms with E-state index in [-0.39, 0.29) is 0 Å². The third-order valence-corrected chi connectivity index (χ3v) is 8.67. The van der Waals surface area contributed by atoms with Gasteiger partial charge in [0.25, 0.3) is 0 Å². The zero-order valence-electron chi connectivity index (χ0n) is 21.5. The normalized spacial score (nSPS) is 26.3. The van der Waals surface area contributed by atoms with Crippen molar-refractivity contribution >= 4 is 0 Å². The van der Waals surface area contributed by atoms with Gasteiger partial charge in [-0.3, -0.25) is 0 Å². The van der Waals surface area contributed by atoms with E-state index in [4.69, 9.17) is 9.97 Å². The van der Waals surface area contributed by atoms with Crippen molar-refractivity contribution in [1.29, 1.82) is 0 Å². The second-order valence-electron chi connectivity index (χ2n) is 11.3. The molecule has 2 nitrogen and oxygen atoms in total. The lowest BCUT2D eigenvalue weighted by Crippen LogP contribution is -2.18. The van der Waals surface area contributed by atoms with Gasteiger partial charge in [-0.25, -0.2) is 9.97 Å². The zero-order chi connectivity index (χ0) is 22.4. The Morgan fingerprint density at radius 1 is 0.594 bits per heavy atom. The first-order valence-electron chi connectivity index (χ1n) is 14.6.